The zero-order valence-corrected chi connectivity index (χ0v) is 12.0. The molecule has 0 radical (unpaired) electrons. The molecule has 1 heterocycles. The first-order valence-electron chi connectivity index (χ1n) is 7.06. The maximum Gasteiger partial charge on any atom is 0.335 e. The lowest BCUT2D eigenvalue weighted by molar-refractivity contribution is 0.0187. The zero-order chi connectivity index (χ0) is 15.2. The van der Waals surface area contributed by atoms with Gasteiger partial charge in [0.1, 0.15) is 0 Å². The van der Waals surface area contributed by atoms with Gasteiger partial charge >= 0.3 is 12.0 Å². The molecule has 1 aromatic rings. The van der Waals surface area contributed by atoms with Crippen LogP contribution in [-0.2, 0) is 4.74 Å². The lowest BCUT2D eigenvalue weighted by atomic mass is 10.1. The molecule has 0 saturated carbocycles. The number of ether oxygens (including phenoxy) is 1. The summed E-state index contributed by atoms with van der Waals surface area (Å²) in [6.45, 7) is 2.99. The molecule has 1 fully saturated rings. The van der Waals surface area contributed by atoms with Crippen LogP contribution in [0.15, 0.2) is 18.2 Å². The Morgan fingerprint density at radius 3 is 2.81 bits per heavy atom. The second-order valence-electron chi connectivity index (χ2n) is 5.16. The van der Waals surface area contributed by atoms with Gasteiger partial charge in [0.15, 0.2) is 0 Å². The molecular formula is C15H20N2O4. The number of hydrogen-bond acceptors (Lipinski definition) is 3. The van der Waals surface area contributed by atoms with Crippen molar-refractivity contribution < 1.29 is 19.4 Å². The topological polar surface area (TPSA) is 87.7 Å². The minimum atomic E-state index is -0.983. The average molecular weight is 292 g/mol. The highest BCUT2D eigenvalue weighted by Crippen LogP contribution is 2.16. The summed E-state index contributed by atoms with van der Waals surface area (Å²) in [7, 11) is 0. The van der Waals surface area contributed by atoms with Gasteiger partial charge in [-0.2, -0.15) is 0 Å². The van der Waals surface area contributed by atoms with Crippen LogP contribution in [0.4, 0.5) is 10.5 Å². The highest BCUT2D eigenvalue weighted by atomic mass is 16.5. The molecular weight excluding hydrogens is 272 g/mol. The Morgan fingerprint density at radius 2 is 2.19 bits per heavy atom. The summed E-state index contributed by atoms with van der Waals surface area (Å²) in [6.07, 6.45) is 3.26. The van der Waals surface area contributed by atoms with E-state index in [1.165, 1.54) is 12.1 Å². The van der Waals surface area contributed by atoms with Crippen LogP contribution in [0.1, 0.15) is 35.2 Å². The van der Waals surface area contributed by atoms with Crippen LogP contribution in [0.2, 0.25) is 0 Å². The molecule has 1 aromatic carbocycles. The molecule has 2 amide bonds. The van der Waals surface area contributed by atoms with Gasteiger partial charge in [-0.25, -0.2) is 9.59 Å². The molecule has 0 aliphatic carbocycles. The number of urea groups is 1. The molecule has 114 valence electrons. The van der Waals surface area contributed by atoms with Crippen molar-refractivity contribution in [1.29, 1.82) is 0 Å². The molecule has 6 heteroatoms. The molecule has 0 aromatic heterocycles. The number of carboxylic acid groups (broad SMARTS) is 1. The van der Waals surface area contributed by atoms with Gasteiger partial charge in [0.25, 0.3) is 0 Å². The van der Waals surface area contributed by atoms with E-state index >= 15 is 0 Å². The molecule has 21 heavy (non-hydrogen) atoms. The number of anilines is 1. The van der Waals surface area contributed by atoms with Crippen molar-refractivity contribution in [2.75, 3.05) is 18.5 Å². The monoisotopic (exact) mass is 292 g/mol. The fraction of sp³-hybridized carbons (Fsp3) is 0.467. The van der Waals surface area contributed by atoms with Crippen LogP contribution in [-0.4, -0.2) is 36.4 Å². The molecule has 1 atom stereocenters. The number of rotatable bonds is 4. The van der Waals surface area contributed by atoms with Crippen LogP contribution in [0.5, 0.6) is 0 Å². The number of carbonyl (C=O) groups is 2. The van der Waals surface area contributed by atoms with Gasteiger partial charge in [-0.3, -0.25) is 0 Å². The summed E-state index contributed by atoms with van der Waals surface area (Å²) in [4.78, 5) is 22.7. The van der Waals surface area contributed by atoms with Crippen LogP contribution in [0.25, 0.3) is 0 Å². The first-order chi connectivity index (χ1) is 10.1. The minimum Gasteiger partial charge on any atom is -0.478 e. The number of nitrogens with one attached hydrogen (secondary N) is 2. The smallest absolute Gasteiger partial charge is 0.335 e. The molecule has 6 nitrogen and oxygen atoms in total. The van der Waals surface area contributed by atoms with E-state index in [4.69, 9.17) is 9.84 Å². The largest absolute Gasteiger partial charge is 0.478 e. The molecule has 2 rings (SSSR count). The van der Waals surface area contributed by atoms with Gasteiger partial charge in [-0.05, 0) is 49.9 Å². The van der Waals surface area contributed by atoms with E-state index in [9.17, 15) is 9.59 Å². The molecule has 1 saturated heterocycles. The maximum absolute atomic E-state index is 11.8. The molecule has 0 bridgehead atoms. The number of benzene rings is 1. The number of aromatic carboxylic acids is 1. The van der Waals surface area contributed by atoms with Crippen molar-refractivity contribution >= 4 is 17.7 Å². The number of carbonyl (C=O) groups excluding carboxylic acids is 1. The average Bonchev–Trinajstić information content (AvgIpc) is 2.48. The SMILES string of the molecule is Cc1cc(C(=O)O)ccc1NC(=O)NCC1CCCCO1. The Balaban J connectivity index is 1.85. The standard InChI is InChI=1S/C15H20N2O4/c1-10-8-11(14(18)19)5-6-13(10)17-15(20)16-9-12-4-2-3-7-21-12/h5-6,8,12H,2-4,7,9H2,1H3,(H,18,19)(H2,16,17,20). The lowest BCUT2D eigenvalue weighted by Crippen LogP contribution is -2.37. The van der Waals surface area contributed by atoms with Crippen molar-refractivity contribution in [3.05, 3.63) is 29.3 Å². The fourth-order valence-corrected chi connectivity index (χ4v) is 2.28. The van der Waals surface area contributed by atoms with Gasteiger partial charge in [0.2, 0.25) is 0 Å². The molecule has 1 aliphatic rings. The summed E-state index contributed by atoms with van der Waals surface area (Å²) in [5.41, 5.74) is 1.51. The third-order valence-electron chi connectivity index (χ3n) is 3.49. The van der Waals surface area contributed by atoms with Crippen molar-refractivity contribution in [2.45, 2.75) is 32.3 Å². The van der Waals surface area contributed by atoms with Crippen LogP contribution < -0.4 is 10.6 Å². The second-order valence-corrected chi connectivity index (χ2v) is 5.16. The third kappa shape index (κ3) is 4.46. The highest BCUT2D eigenvalue weighted by Gasteiger charge is 2.15. The summed E-state index contributed by atoms with van der Waals surface area (Å²) in [5.74, 6) is -0.983. The van der Waals surface area contributed by atoms with Gasteiger partial charge in [0.05, 0.1) is 11.7 Å². The van der Waals surface area contributed by atoms with E-state index in [2.05, 4.69) is 10.6 Å². The highest BCUT2D eigenvalue weighted by molar-refractivity contribution is 5.92. The van der Waals surface area contributed by atoms with E-state index in [1.807, 2.05) is 0 Å². The predicted octanol–water partition coefficient (Wildman–Crippen LogP) is 2.38. The normalized spacial score (nSPS) is 18.0. The van der Waals surface area contributed by atoms with E-state index in [-0.39, 0.29) is 17.7 Å². The first-order valence-corrected chi connectivity index (χ1v) is 7.06. The van der Waals surface area contributed by atoms with Crippen LogP contribution >= 0.6 is 0 Å². The van der Waals surface area contributed by atoms with Crippen molar-refractivity contribution in [2.24, 2.45) is 0 Å². The van der Waals surface area contributed by atoms with E-state index in [0.717, 1.165) is 25.9 Å². The first kappa shape index (κ1) is 15.3. The van der Waals surface area contributed by atoms with Crippen molar-refractivity contribution in [3.8, 4) is 0 Å². The third-order valence-corrected chi connectivity index (χ3v) is 3.49. The van der Waals surface area contributed by atoms with Crippen LogP contribution in [0, 0.1) is 6.92 Å². The summed E-state index contributed by atoms with van der Waals surface area (Å²) >= 11 is 0. The summed E-state index contributed by atoms with van der Waals surface area (Å²) < 4.78 is 5.54. The van der Waals surface area contributed by atoms with Gasteiger partial charge in [-0.1, -0.05) is 0 Å². The Morgan fingerprint density at radius 1 is 1.38 bits per heavy atom. The molecule has 1 aliphatic heterocycles. The predicted molar refractivity (Wildman–Crippen MR) is 78.8 cm³/mol. The van der Waals surface area contributed by atoms with E-state index in [0.29, 0.717) is 17.8 Å². The van der Waals surface area contributed by atoms with Gasteiger partial charge in [0, 0.05) is 18.8 Å². The molecule has 0 spiro atoms. The number of hydrogen-bond donors (Lipinski definition) is 3. The zero-order valence-electron chi connectivity index (χ0n) is 12.0. The number of carboxylic acids is 1. The molecule has 3 N–H and O–H groups in total. The quantitative estimate of drug-likeness (QED) is 0.795. The maximum atomic E-state index is 11.8. The fourth-order valence-electron chi connectivity index (χ4n) is 2.28. The van der Waals surface area contributed by atoms with Crippen molar-refractivity contribution in [3.63, 3.8) is 0 Å². The Kier molecular flexibility index (Phi) is 5.16. The van der Waals surface area contributed by atoms with Gasteiger partial charge < -0.3 is 20.5 Å². The Hall–Kier alpha value is -2.08. The minimum absolute atomic E-state index is 0.0833. The van der Waals surface area contributed by atoms with Crippen molar-refractivity contribution in [1.82, 2.24) is 5.32 Å². The van der Waals surface area contributed by atoms with Gasteiger partial charge in [-0.15, -0.1) is 0 Å². The van der Waals surface area contributed by atoms with E-state index < -0.39 is 5.97 Å². The Labute approximate surface area is 123 Å². The second kappa shape index (κ2) is 7.08. The number of aryl methyl sites for hydroxylation is 1. The number of amides is 2. The van der Waals surface area contributed by atoms with E-state index in [1.54, 1.807) is 13.0 Å². The lowest BCUT2D eigenvalue weighted by Gasteiger charge is -2.22. The molecule has 1 unspecified atom stereocenters. The summed E-state index contributed by atoms with van der Waals surface area (Å²) in [5, 5.41) is 14.4. The van der Waals surface area contributed by atoms with Crippen LogP contribution in [0.3, 0.4) is 0 Å². The summed E-state index contributed by atoms with van der Waals surface area (Å²) in [6, 6.07) is 4.28. The Bertz CT molecular complexity index is 524.